The number of aryl methyl sites for hydroxylation is 1. The normalized spacial score (nSPS) is 19.5. The van der Waals surface area contributed by atoms with E-state index < -0.39 is 0 Å². The maximum absolute atomic E-state index is 3.53. The first-order chi connectivity index (χ1) is 8.07. The fourth-order valence-corrected chi connectivity index (χ4v) is 2.54. The van der Waals surface area contributed by atoms with E-state index in [-0.39, 0.29) is 0 Å². The van der Waals surface area contributed by atoms with Crippen molar-refractivity contribution in [3.05, 3.63) is 29.8 Å². The molecule has 1 aliphatic heterocycles. The van der Waals surface area contributed by atoms with Crippen molar-refractivity contribution in [1.29, 1.82) is 0 Å². The first-order valence-corrected chi connectivity index (χ1v) is 6.59. The molecule has 94 valence electrons. The van der Waals surface area contributed by atoms with Gasteiger partial charge in [-0.05, 0) is 36.9 Å². The molecule has 1 saturated heterocycles. The summed E-state index contributed by atoms with van der Waals surface area (Å²) in [4.78, 5) is 2.56. The van der Waals surface area contributed by atoms with Gasteiger partial charge in [0.1, 0.15) is 0 Å². The van der Waals surface area contributed by atoms with Crippen LogP contribution in [-0.4, -0.2) is 31.1 Å². The largest absolute Gasteiger partial charge is 0.384 e. The molecule has 1 N–H and O–H groups in total. The Labute approximate surface area is 105 Å². The Morgan fingerprint density at radius 3 is 2.71 bits per heavy atom. The maximum atomic E-state index is 3.53. The summed E-state index contributed by atoms with van der Waals surface area (Å²) >= 11 is 0. The molecular formula is C15H24N2. The second-order valence-electron chi connectivity index (χ2n) is 5.93. The van der Waals surface area contributed by atoms with Crippen LogP contribution in [0.3, 0.4) is 0 Å². The lowest BCUT2D eigenvalue weighted by Crippen LogP contribution is -2.28. The Hall–Kier alpha value is -1.02. The molecule has 0 atom stereocenters. The van der Waals surface area contributed by atoms with Gasteiger partial charge in [-0.25, -0.2) is 0 Å². The van der Waals surface area contributed by atoms with E-state index in [0.29, 0.717) is 5.41 Å². The summed E-state index contributed by atoms with van der Waals surface area (Å²) in [7, 11) is 0. The summed E-state index contributed by atoms with van der Waals surface area (Å²) in [6.45, 7) is 11.6. The molecule has 0 saturated carbocycles. The molecule has 0 radical (unpaired) electrons. The highest BCUT2D eigenvalue weighted by Gasteiger charge is 2.28. The lowest BCUT2D eigenvalue weighted by atomic mass is 9.93. The van der Waals surface area contributed by atoms with Crippen molar-refractivity contribution >= 4 is 5.69 Å². The highest BCUT2D eigenvalue weighted by molar-refractivity contribution is 5.50. The maximum Gasteiger partial charge on any atom is 0.0370 e. The van der Waals surface area contributed by atoms with E-state index in [1.807, 2.05) is 0 Å². The van der Waals surface area contributed by atoms with E-state index in [4.69, 9.17) is 0 Å². The van der Waals surface area contributed by atoms with Crippen LogP contribution < -0.4 is 5.32 Å². The molecule has 0 unspecified atom stereocenters. The summed E-state index contributed by atoms with van der Waals surface area (Å²) < 4.78 is 0. The predicted octanol–water partition coefficient (Wildman–Crippen LogP) is 3.14. The van der Waals surface area contributed by atoms with Crippen LogP contribution >= 0.6 is 0 Å². The number of hydrogen-bond acceptors (Lipinski definition) is 2. The summed E-state index contributed by atoms with van der Waals surface area (Å²) in [5.74, 6) is 0. The minimum atomic E-state index is 0.517. The second-order valence-corrected chi connectivity index (χ2v) is 5.93. The van der Waals surface area contributed by atoms with Gasteiger partial charge < -0.3 is 10.2 Å². The van der Waals surface area contributed by atoms with Gasteiger partial charge in [-0.2, -0.15) is 0 Å². The molecule has 0 amide bonds. The molecule has 0 spiro atoms. The molecule has 1 fully saturated rings. The number of benzene rings is 1. The molecular weight excluding hydrogens is 208 g/mol. The molecule has 2 nitrogen and oxygen atoms in total. The molecule has 1 aromatic rings. The van der Waals surface area contributed by atoms with Gasteiger partial charge in [0.25, 0.3) is 0 Å². The lowest BCUT2D eigenvalue weighted by Gasteiger charge is -2.20. The van der Waals surface area contributed by atoms with Gasteiger partial charge in [-0.1, -0.05) is 32.0 Å². The van der Waals surface area contributed by atoms with Crippen molar-refractivity contribution < 1.29 is 0 Å². The second kappa shape index (κ2) is 5.09. The highest BCUT2D eigenvalue weighted by atomic mass is 15.2. The van der Waals surface area contributed by atoms with E-state index in [9.17, 15) is 0 Å². The first-order valence-electron chi connectivity index (χ1n) is 6.59. The van der Waals surface area contributed by atoms with Crippen LogP contribution in [0.5, 0.6) is 0 Å². The number of nitrogens with zero attached hydrogens (tertiary/aromatic N) is 1. The molecule has 1 aromatic carbocycles. The number of hydrogen-bond donors (Lipinski definition) is 1. The van der Waals surface area contributed by atoms with Crippen LogP contribution in [0.4, 0.5) is 5.69 Å². The van der Waals surface area contributed by atoms with Crippen LogP contribution in [0.1, 0.15) is 25.8 Å². The van der Waals surface area contributed by atoms with Crippen LogP contribution in [0, 0.1) is 12.3 Å². The Morgan fingerprint density at radius 2 is 2.06 bits per heavy atom. The molecule has 0 aliphatic carbocycles. The SMILES string of the molecule is Cc1ccccc1NCCN1CCC(C)(C)C1. The van der Waals surface area contributed by atoms with Crippen molar-refractivity contribution in [2.75, 3.05) is 31.5 Å². The fourth-order valence-electron chi connectivity index (χ4n) is 2.54. The quantitative estimate of drug-likeness (QED) is 0.858. The number of anilines is 1. The average Bonchev–Trinajstić information content (AvgIpc) is 2.61. The molecule has 2 rings (SSSR count). The minimum absolute atomic E-state index is 0.517. The Kier molecular flexibility index (Phi) is 3.72. The van der Waals surface area contributed by atoms with Crippen LogP contribution in [0.15, 0.2) is 24.3 Å². The molecule has 0 bridgehead atoms. The van der Waals surface area contributed by atoms with Gasteiger partial charge in [0, 0.05) is 25.3 Å². The molecule has 1 aliphatic rings. The van der Waals surface area contributed by atoms with E-state index in [2.05, 4.69) is 55.3 Å². The molecule has 1 heterocycles. The molecule has 17 heavy (non-hydrogen) atoms. The summed E-state index contributed by atoms with van der Waals surface area (Å²) in [6, 6.07) is 8.49. The Balaban J connectivity index is 1.76. The summed E-state index contributed by atoms with van der Waals surface area (Å²) in [5, 5.41) is 3.53. The number of para-hydroxylation sites is 1. The van der Waals surface area contributed by atoms with Crippen molar-refractivity contribution in [3.8, 4) is 0 Å². The van der Waals surface area contributed by atoms with Crippen molar-refractivity contribution in [2.45, 2.75) is 27.2 Å². The third kappa shape index (κ3) is 3.47. The summed E-state index contributed by atoms with van der Waals surface area (Å²) in [6.07, 6.45) is 1.33. The third-order valence-electron chi connectivity index (χ3n) is 3.64. The Morgan fingerprint density at radius 1 is 1.29 bits per heavy atom. The Bertz CT molecular complexity index is 371. The van der Waals surface area contributed by atoms with Gasteiger partial charge in [-0.15, -0.1) is 0 Å². The van der Waals surface area contributed by atoms with Gasteiger partial charge in [-0.3, -0.25) is 0 Å². The smallest absolute Gasteiger partial charge is 0.0370 e. The van der Waals surface area contributed by atoms with E-state index in [1.54, 1.807) is 0 Å². The van der Waals surface area contributed by atoms with E-state index in [0.717, 1.165) is 13.1 Å². The number of nitrogens with one attached hydrogen (secondary N) is 1. The zero-order chi connectivity index (χ0) is 12.3. The number of rotatable bonds is 4. The third-order valence-corrected chi connectivity index (χ3v) is 3.64. The zero-order valence-electron chi connectivity index (χ0n) is 11.3. The lowest BCUT2D eigenvalue weighted by molar-refractivity contribution is 0.300. The van der Waals surface area contributed by atoms with E-state index in [1.165, 1.54) is 30.8 Å². The van der Waals surface area contributed by atoms with Gasteiger partial charge in [0.05, 0.1) is 0 Å². The molecule has 0 aromatic heterocycles. The minimum Gasteiger partial charge on any atom is -0.384 e. The first kappa shape index (κ1) is 12.4. The number of likely N-dealkylation sites (tertiary alicyclic amines) is 1. The fraction of sp³-hybridized carbons (Fsp3) is 0.600. The van der Waals surface area contributed by atoms with Crippen LogP contribution in [-0.2, 0) is 0 Å². The summed E-state index contributed by atoms with van der Waals surface area (Å²) in [5.41, 5.74) is 3.11. The predicted molar refractivity (Wildman–Crippen MR) is 74.5 cm³/mol. The van der Waals surface area contributed by atoms with Crippen molar-refractivity contribution in [3.63, 3.8) is 0 Å². The van der Waals surface area contributed by atoms with Gasteiger partial charge >= 0.3 is 0 Å². The highest BCUT2D eigenvalue weighted by Crippen LogP contribution is 2.28. The van der Waals surface area contributed by atoms with Crippen molar-refractivity contribution in [1.82, 2.24) is 4.90 Å². The standard InChI is InChI=1S/C15H24N2/c1-13-6-4-5-7-14(13)16-9-11-17-10-8-15(2,3)12-17/h4-7,16H,8-12H2,1-3H3. The average molecular weight is 232 g/mol. The monoisotopic (exact) mass is 232 g/mol. The van der Waals surface area contributed by atoms with Gasteiger partial charge in [0.2, 0.25) is 0 Å². The zero-order valence-corrected chi connectivity index (χ0v) is 11.3. The van der Waals surface area contributed by atoms with Crippen molar-refractivity contribution in [2.24, 2.45) is 5.41 Å². The van der Waals surface area contributed by atoms with Crippen LogP contribution in [0.25, 0.3) is 0 Å². The molecule has 2 heteroatoms. The topological polar surface area (TPSA) is 15.3 Å². The van der Waals surface area contributed by atoms with E-state index >= 15 is 0 Å². The van der Waals surface area contributed by atoms with Gasteiger partial charge in [0.15, 0.2) is 0 Å². The van der Waals surface area contributed by atoms with Crippen LogP contribution in [0.2, 0.25) is 0 Å².